The minimum atomic E-state index is -0.0169. The quantitative estimate of drug-likeness (QED) is 0.604. The molecule has 0 aromatic heterocycles. The molecule has 22 heavy (non-hydrogen) atoms. The van der Waals surface area contributed by atoms with Gasteiger partial charge in [-0.15, -0.1) is 0 Å². The van der Waals surface area contributed by atoms with Crippen molar-refractivity contribution in [3.05, 3.63) is 33.4 Å². The van der Waals surface area contributed by atoms with E-state index in [2.05, 4.69) is 52.2 Å². The van der Waals surface area contributed by atoms with Gasteiger partial charge in [0.25, 0.3) is 0 Å². The molecule has 2 bridgehead atoms. The van der Waals surface area contributed by atoms with Crippen molar-refractivity contribution < 1.29 is 9.53 Å². The molecule has 0 radical (unpaired) electrons. The largest absolute Gasteiger partial charge is 0.469 e. The lowest BCUT2D eigenvalue weighted by Crippen LogP contribution is -2.50. The summed E-state index contributed by atoms with van der Waals surface area (Å²) in [6.07, 6.45) is 6.12. The van der Waals surface area contributed by atoms with Gasteiger partial charge in [0, 0.05) is 16.2 Å². The molecule has 3 nitrogen and oxygen atoms in total. The highest BCUT2D eigenvalue weighted by molar-refractivity contribution is 14.1. The molecule has 0 aliphatic heterocycles. The topological polar surface area (TPSA) is 38.3 Å². The van der Waals surface area contributed by atoms with Gasteiger partial charge >= 0.3 is 5.97 Å². The van der Waals surface area contributed by atoms with Gasteiger partial charge in [-0.1, -0.05) is 18.6 Å². The predicted octanol–water partition coefficient (Wildman–Crippen LogP) is 3.75. The third kappa shape index (κ3) is 3.48. The van der Waals surface area contributed by atoms with Crippen molar-refractivity contribution in [2.45, 2.75) is 44.7 Å². The minimum Gasteiger partial charge on any atom is -0.469 e. The lowest BCUT2D eigenvalue weighted by molar-refractivity contribution is -0.150. The number of nitrogens with one attached hydrogen (secondary N) is 1. The number of fused-ring (bicyclic) bond motifs is 4. The summed E-state index contributed by atoms with van der Waals surface area (Å²) < 4.78 is 6.37. The van der Waals surface area contributed by atoms with Crippen molar-refractivity contribution >= 4 is 28.6 Å². The van der Waals surface area contributed by atoms with E-state index >= 15 is 0 Å². The van der Waals surface area contributed by atoms with Crippen molar-refractivity contribution in [3.63, 3.8) is 0 Å². The van der Waals surface area contributed by atoms with Crippen LogP contribution in [0.3, 0.4) is 0 Å². The van der Waals surface area contributed by atoms with Gasteiger partial charge in [0.2, 0.25) is 0 Å². The second kappa shape index (κ2) is 7.30. The van der Waals surface area contributed by atoms with E-state index in [0.29, 0.717) is 11.8 Å². The van der Waals surface area contributed by atoms with E-state index in [9.17, 15) is 4.79 Å². The number of esters is 1. The van der Waals surface area contributed by atoms with E-state index in [0.717, 1.165) is 6.54 Å². The molecule has 0 spiro atoms. The summed E-state index contributed by atoms with van der Waals surface area (Å²) in [7, 11) is 1.52. The Morgan fingerprint density at radius 1 is 1.18 bits per heavy atom. The first-order valence-electron chi connectivity index (χ1n) is 8.24. The molecule has 4 rings (SSSR count). The molecule has 120 valence electrons. The van der Waals surface area contributed by atoms with Gasteiger partial charge in [0.1, 0.15) is 0 Å². The molecule has 3 saturated carbocycles. The van der Waals surface area contributed by atoms with Crippen LogP contribution in [0.15, 0.2) is 24.3 Å². The third-order valence-electron chi connectivity index (χ3n) is 5.39. The van der Waals surface area contributed by atoms with Gasteiger partial charge in [-0.25, -0.2) is 0 Å². The first-order valence-corrected chi connectivity index (χ1v) is 9.32. The molecular weight excluding hydrogens is 389 g/mol. The van der Waals surface area contributed by atoms with Gasteiger partial charge < -0.3 is 10.1 Å². The van der Waals surface area contributed by atoms with E-state index in [1.165, 1.54) is 48.3 Å². The predicted molar refractivity (Wildman–Crippen MR) is 95.4 cm³/mol. The average Bonchev–Trinajstić information content (AvgIpc) is 2.87. The summed E-state index contributed by atoms with van der Waals surface area (Å²) >= 11 is 2.32. The molecule has 0 saturated heterocycles. The molecule has 1 aromatic carbocycles. The highest BCUT2D eigenvalue weighted by Gasteiger charge is 2.45. The normalized spacial score (nSPS) is 30.8. The smallest absolute Gasteiger partial charge is 0.310 e. The Morgan fingerprint density at radius 3 is 2.59 bits per heavy atom. The second-order valence-electron chi connectivity index (χ2n) is 6.61. The Balaban J connectivity index is 1.73. The first kappa shape index (κ1) is 16.2. The van der Waals surface area contributed by atoms with Crippen LogP contribution in [0, 0.1) is 21.3 Å². The van der Waals surface area contributed by atoms with Crippen LogP contribution in [-0.2, 0) is 16.1 Å². The monoisotopic (exact) mass is 413 g/mol. The number of methoxy groups -OCH3 is 1. The summed E-state index contributed by atoms with van der Waals surface area (Å²) in [6.45, 7) is 0.832. The van der Waals surface area contributed by atoms with Crippen molar-refractivity contribution in [1.82, 2.24) is 5.32 Å². The Kier molecular flexibility index (Phi) is 5.39. The number of halogens is 1. The van der Waals surface area contributed by atoms with Crippen LogP contribution >= 0.6 is 22.6 Å². The molecule has 3 aliphatic rings. The number of hydrogen-bond donors (Lipinski definition) is 1. The number of rotatable bonds is 4. The summed E-state index contributed by atoms with van der Waals surface area (Å²) in [5.74, 6) is 1.14. The van der Waals surface area contributed by atoms with Gasteiger partial charge in [-0.05, 0) is 77.8 Å². The van der Waals surface area contributed by atoms with Crippen LogP contribution in [0.1, 0.15) is 37.7 Å². The average molecular weight is 413 g/mol. The Labute approximate surface area is 146 Å². The fraction of sp³-hybridized carbons (Fsp3) is 0.611. The Bertz CT molecular complexity index is 512. The molecule has 0 amide bonds. The zero-order chi connectivity index (χ0) is 15.5. The molecule has 1 N–H and O–H groups in total. The van der Waals surface area contributed by atoms with Gasteiger partial charge in [-0.2, -0.15) is 0 Å². The van der Waals surface area contributed by atoms with Crippen LogP contribution < -0.4 is 5.32 Å². The standard InChI is InChI=1S/C18H24INO2/c1-22-18(21)16-13-3-2-4-14(8-7-13)17(16)20-11-12-5-9-15(19)10-6-12/h5-6,9-10,13-14,16-17,20H,2-4,7-8,11H2,1H3. The van der Waals surface area contributed by atoms with Crippen LogP contribution in [-0.4, -0.2) is 19.1 Å². The number of carbonyl (C=O) groups is 1. The number of ether oxygens (including phenoxy) is 1. The van der Waals surface area contributed by atoms with Crippen LogP contribution in [0.2, 0.25) is 0 Å². The summed E-state index contributed by atoms with van der Waals surface area (Å²) in [5.41, 5.74) is 1.28. The molecule has 4 atom stereocenters. The van der Waals surface area contributed by atoms with E-state index in [-0.39, 0.29) is 17.9 Å². The second-order valence-corrected chi connectivity index (χ2v) is 7.86. The maximum Gasteiger partial charge on any atom is 0.310 e. The van der Waals surface area contributed by atoms with E-state index < -0.39 is 0 Å². The number of carbonyl (C=O) groups excluding carboxylic acids is 1. The van der Waals surface area contributed by atoms with Crippen LogP contribution in [0.4, 0.5) is 0 Å². The highest BCUT2D eigenvalue weighted by atomic mass is 127. The van der Waals surface area contributed by atoms with Crippen molar-refractivity contribution in [2.75, 3.05) is 7.11 Å². The SMILES string of the molecule is COC(=O)C1C2CCCC(CC2)C1NCc1ccc(I)cc1. The third-order valence-corrected chi connectivity index (χ3v) is 6.11. The first-order chi connectivity index (χ1) is 10.7. The zero-order valence-electron chi connectivity index (χ0n) is 13.1. The minimum absolute atomic E-state index is 0.0169. The Hall–Kier alpha value is -0.620. The summed E-state index contributed by atoms with van der Waals surface area (Å²) in [6, 6.07) is 8.87. The molecule has 3 aliphatic carbocycles. The molecular formula is C18H24INO2. The van der Waals surface area contributed by atoms with Gasteiger partial charge in [-0.3, -0.25) is 4.79 Å². The molecule has 0 heterocycles. The Morgan fingerprint density at radius 2 is 1.86 bits per heavy atom. The molecule has 1 aromatic rings. The number of hydrogen-bond acceptors (Lipinski definition) is 3. The molecule has 3 fully saturated rings. The van der Waals surface area contributed by atoms with E-state index in [1.807, 2.05) is 0 Å². The van der Waals surface area contributed by atoms with Gasteiger partial charge in [0.15, 0.2) is 0 Å². The fourth-order valence-corrected chi connectivity index (χ4v) is 4.63. The highest BCUT2D eigenvalue weighted by Crippen LogP contribution is 2.43. The van der Waals surface area contributed by atoms with E-state index in [4.69, 9.17) is 4.74 Å². The fourth-order valence-electron chi connectivity index (χ4n) is 4.27. The van der Waals surface area contributed by atoms with Crippen molar-refractivity contribution in [3.8, 4) is 0 Å². The number of benzene rings is 1. The maximum absolute atomic E-state index is 12.3. The molecule has 4 unspecified atom stereocenters. The van der Waals surface area contributed by atoms with Crippen molar-refractivity contribution in [2.24, 2.45) is 17.8 Å². The van der Waals surface area contributed by atoms with Crippen LogP contribution in [0.5, 0.6) is 0 Å². The molecule has 4 heteroatoms. The zero-order valence-corrected chi connectivity index (χ0v) is 15.2. The maximum atomic E-state index is 12.3. The summed E-state index contributed by atoms with van der Waals surface area (Å²) in [5, 5.41) is 3.69. The summed E-state index contributed by atoms with van der Waals surface area (Å²) in [4.78, 5) is 12.3. The lowest BCUT2D eigenvalue weighted by Gasteiger charge is -2.39. The van der Waals surface area contributed by atoms with Crippen LogP contribution in [0.25, 0.3) is 0 Å². The van der Waals surface area contributed by atoms with Gasteiger partial charge in [0.05, 0.1) is 13.0 Å². The van der Waals surface area contributed by atoms with Crippen molar-refractivity contribution in [1.29, 1.82) is 0 Å². The lowest BCUT2D eigenvalue weighted by atomic mass is 9.71. The van der Waals surface area contributed by atoms with E-state index in [1.54, 1.807) is 0 Å².